The minimum Gasteiger partial charge on any atom is -0.316 e. The van der Waals surface area contributed by atoms with E-state index < -0.39 is 14.6 Å². The standard InChI is InChI=1S/C19H18N4O2S2/c1-19(2,3)27(24,25)18-21-13-9-5-4-8-12(13)16(23-18)22-17-20-14-10-6-7-11-15(14)26-17/h4-11H,1-3H3,(H,20,21,22,23). The third-order valence-corrected chi connectivity index (χ3v) is 7.38. The van der Waals surface area contributed by atoms with Gasteiger partial charge >= 0.3 is 0 Å². The van der Waals surface area contributed by atoms with Crippen LogP contribution in [0.5, 0.6) is 0 Å². The molecule has 1 N–H and O–H groups in total. The Morgan fingerprint density at radius 3 is 2.26 bits per heavy atom. The van der Waals surface area contributed by atoms with Crippen LogP contribution in [0, 0.1) is 0 Å². The van der Waals surface area contributed by atoms with Crippen molar-refractivity contribution in [2.45, 2.75) is 30.7 Å². The number of nitrogens with one attached hydrogen (secondary N) is 1. The molecule has 0 saturated carbocycles. The maximum atomic E-state index is 12.9. The van der Waals surface area contributed by atoms with Crippen molar-refractivity contribution < 1.29 is 8.42 Å². The number of aromatic nitrogens is 3. The number of hydrogen-bond donors (Lipinski definition) is 1. The van der Waals surface area contributed by atoms with Crippen molar-refractivity contribution >= 4 is 53.2 Å². The molecule has 0 fully saturated rings. The molecule has 2 aromatic heterocycles. The molecule has 0 amide bonds. The predicted octanol–water partition coefficient (Wildman–Crippen LogP) is 4.56. The van der Waals surface area contributed by atoms with Crippen LogP contribution in [0.1, 0.15) is 20.8 Å². The molecule has 0 unspecified atom stereocenters. The number of sulfone groups is 1. The molecular formula is C19H18N4O2S2. The van der Waals surface area contributed by atoms with Crippen LogP contribution in [0.25, 0.3) is 21.1 Å². The van der Waals surface area contributed by atoms with E-state index >= 15 is 0 Å². The van der Waals surface area contributed by atoms with E-state index in [0.717, 1.165) is 15.6 Å². The lowest BCUT2D eigenvalue weighted by Crippen LogP contribution is -2.29. The number of para-hydroxylation sites is 2. The third kappa shape index (κ3) is 3.15. The lowest BCUT2D eigenvalue weighted by atomic mass is 10.2. The van der Waals surface area contributed by atoms with Crippen molar-refractivity contribution in [2.75, 3.05) is 5.32 Å². The van der Waals surface area contributed by atoms with Gasteiger partial charge in [-0.2, -0.15) is 0 Å². The van der Waals surface area contributed by atoms with Crippen LogP contribution in [0.3, 0.4) is 0 Å². The van der Waals surface area contributed by atoms with Crippen LogP contribution in [0.15, 0.2) is 53.7 Å². The summed E-state index contributed by atoms with van der Waals surface area (Å²) in [5, 5.41) is 4.40. The highest BCUT2D eigenvalue weighted by atomic mass is 32.2. The minimum absolute atomic E-state index is 0.183. The Morgan fingerprint density at radius 2 is 1.56 bits per heavy atom. The third-order valence-electron chi connectivity index (χ3n) is 4.15. The highest BCUT2D eigenvalue weighted by molar-refractivity contribution is 7.92. The van der Waals surface area contributed by atoms with Crippen molar-refractivity contribution in [3.8, 4) is 0 Å². The zero-order valence-corrected chi connectivity index (χ0v) is 16.7. The van der Waals surface area contributed by atoms with Gasteiger partial charge in [-0.3, -0.25) is 0 Å². The van der Waals surface area contributed by atoms with E-state index in [1.807, 2.05) is 42.5 Å². The van der Waals surface area contributed by atoms with E-state index in [1.54, 1.807) is 26.8 Å². The van der Waals surface area contributed by atoms with Crippen LogP contribution >= 0.6 is 11.3 Å². The zero-order valence-electron chi connectivity index (χ0n) is 15.1. The first-order valence-corrected chi connectivity index (χ1v) is 10.7. The van der Waals surface area contributed by atoms with Crippen molar-refractivity contribution in [2.24, 2.45) is 0 Å². The molecule has 6 nitrogen and oxygen atoms in total. The normalized spacial score (nSPS) is 12.6. The fraction of sp³-hybridized carbons (Fsp3) is 0.211. The summed E-state index contributed by atoms with van der Waals surface area (Å²) >= 11 is 1.49. The summed E-state index contributed by atoms with van der Waals surface area (Å²) in [7, 11) is -3.69. The Labute approximate surface area is 161 Å². The van der Waals surface area contributed by atoms with Crippen LogP contribution in [0.4, 0.5) is 10.9 Å². The molecule has 8 heteroatoms. The Kier molecular flexibility index (Phi) is 4.12. The summed E-state index contributed by atoms with van der Waals surface area (Å²) in [5.41, 5.74) is 1.45. The molecular weight excluding hydrogens is 380 g/mol. The van der Waals surface area contributed by atoms with Gasteiger partial charge in [0.25, 0.3) is 0 Å². The zero-order chi connectivity index (χ0) is 19.2. The van der Waals surface area contributed by atoms with E-state index in [-0.39, 0.29) is 5.16 Å². The summed E-state index contributed by atoms with van der Waals surface area (Å²) < 4.78 is 25.8. The van der Waals surface area contributed by atoms with Gasteiger partial charge in [0.2, 0.25) is 15.0 Å². The van der Waals surface area contributed by atoms with E-state index in [4.69, 9.17) is 0 Å². The number of nitrogens with zero attached hydrogens (tertiary/aromatic N) is 3. The molecule has 0 aliphatic carbocycles. The van der Waals surface area contributed by atoms with E-state index in [9.17, 15) is 8.42 Å². The second kappa shape index (κ2) is 6.24. The molecule has 2 aromatic carbocycles. The molecule has 0 atom stereocenters. The summed E-state index contributed by atoms with van der Waals surface area (Å²) in [6.45, 7) is 4.92. The highest BCUT2D eigenvalue weighted by Crippen LogP contribution is 2.32. The average Bonchev–Trinajstić information content (AvgIpc) is 3.03. The summed E-state index contributed by atoms with van der Waals surface area (Å²) in [6.07, 6.45) is 0. The summed E-state index contributed by atoms with van der Waals surface area (Å²) in [6, 6.07) is 15.1. The smallest absolute Gasteiger partial charge is 0.250 e. The first-order valence-electron chi connectivity index (χ1n) is 8.40. The van der Waals surface area contributed by atoms with Gasteiger partial charge in [0, 0.05) is 5.39 Å². The Balaban J connectivity index is 1.88. The van der Waals surface area contributed by atoms with E-state index in [0.29, 0.717) is 16.5 Å². The Hall–Kier alpha value is -2.58. The van der Waals surface area contributed by atoms with Crippen molar-refractivity contribution in [3.63, 3.8) is 0 Å². The highest BCUT2D eigenvalue weighted by Gasteiger charge is 2.34. The second-order valence-corrected chi connectivity index (χ2v) is 10.7. The largest absolute Gasteiger partial charge is 0.316 e. The van der Waals surface area contributed by atoms with Gasteiger partial charge in [-0.1, -0.05) is 35.6 Å². The van der Waals surface area contributed by atoms with Gasteiger partial charge in [-0.05, 0) is 45.0 Å². The van der Waals surface area contributed by atoms with Gasteiger partial charge < -0.3 is 5.32 Å². The maximum Gasteiger partial charge on any atom is 0.250 e. The van der Waals surface area contributed by atoms with Crippen LogP contribution in [-0.4, -0.2) is 28.1 Å². The first-order chi connectivity index (χ1) is 12.8. The van der Waals surface area contributed by atoms with Crippen molar-refractivity contribution in [3.05, 3.63) is 48.5 Å². The molecule has 0 spiro atoms. The molecule has 0 radical (unpaired) electrons. The Bertz CT molecular complexity index is 1220. The van der Waals surface area contributed by atoms with Crippen LogP contribution < -0.4 is 5.32 Å². The molecule has 0 saturated heterocycles. The van der Waals surface area contributed by atoms with Crippen molar-refractivity contribution in [1.29, 1.82) is 0 Å². The topological polar surface area (TPSA) is 84.8 Å². The predicted molar refractivity (Wildman–Crippen MR) is 109 cm³/mol. The molecule has 2 heterocycles. The molecule has 4 rings (SSSR count). The number of thiazole rings is 1. The molecule has 0 aliphatic rings. The van der Waals surface area contributed by atoms with Crippen LogP contribution in [0.2, 0.25) is 0 Å². The molecule has 27 heavy (non-hydrogen) atoms. The number of benzene rings is 2. The fourth-order valence-electron chi connectivity index (χ4n) is 2.57. The minimum atomic E-state index is -3.69. The molecule has 138 valence electrons. The van der Waals surface area contributed by atoms with E-state index in [1.165, 1.54) is 11.3 Å². The number of anilines is 2. The van der Waals surface area contributed by atoms with Crippen LogP contribution in [-0.2, 0) is 9.84 Å². The quantitative estimate of drug-likeness (QED) is 0.510. The summed E-state index contributed by atoms with van der Waals surface area (Å²) in [5.74, 6) is 0.433. The first kappa shape index (κ1) is 17.8. The fourth-order valence-corrected chi connectivity index (χ4v) is 4.41. The SMILES string of the molecule is CC(C)(C)S(=O)(=O)c1nc(Nc2nc3ccccc3s2)c2ccccc2n1. The number of rotatable bonds is 3. The monoisotopic (exact) mass is 398 g/mol. The van der Waals surface area contributed by atoms with Gasteiger partial charge in [-0.25, -0.2) is 23.4 Å². The second-order valence-electron chi connectivity index (χ2n) is 7.10. The number of fused-ring (bicyclic) bond motifs is 2. The maximum absolute atomic E-state index is 12.9. The summed E-state index contributed by atoms with van der Waals surface area (Å²) in [4.78, 5) is 13.2. The van der Waals surface area contributed by atoms with Gasteiger partial charge in [0.05, 0.1) is 20.5 Å². The molecule has 0 bridgehead atoms. The van der Waals surface area contributed by atoms with E-state index in [2.05, 4.69) is 20.3 Å². The average molecular weight is 399 g/mol. The van der Waals surface area contributed by atoms with Gasteiger partial charge in [0.1, 0.15) is 5.82 Å². The molecule has 0 aliphatic heterocycles. The van der Waals surface area contributed by atoms with Gasteiger partial charge in [0.15, 0.2) is 5.13 Å². The van der Waals surface area contributed by atoms with Gasteiger partial charge in [-0.15, -0.1) is 0 Å². The lowest BCUT2D eigenvalue weighted by molar-refractivity contribution is 0.552. The van der Waals surface area contributed by atoms with Crippen molar-refractivity contribution in [1.82, 2.24) is 15.0 Å². The Morgan fingerprint density at radius 1 is 0.889 bits per heavy atom. The molecule has 4 aromatic rings. The number of hydrogen-bond acceptors (Lipinski definition) is 7. The lowest BCUT2D eigenvalue weighted by Gasteiger charge is -2.18.